The summed E-state index contributed by atoms with van der Waals surface area (Å²) < 4.78 is 7.96. The van der Waals surface area contributed by atoms with Gasteiger partial charge in [0, 0.05) is 13.6 Å². The number of unbranched alkanes of at least 4 members (excludes halogenated alkanes) is 1. The topological polar surface area (TPSA) is 113 Å². The Balaban J connectivity index is 2.40. The van der Waals surface area contributed by atoms with Crippen LogP contribution in [-0.2, 0) is 24.8 Å². The van der Waals surface area contributed by atoms with E-state index in [0.717, 1.165) is 37.9 Å². The largest absolute Gasteiger partial charge is 0.465 e. The van der Waals surface area contributed by atoms with Crippen molar-refractivity contribution in [1.82, 2.24) is 19.6 Å². The zero-order valence-corrected chi connectivity index (χ0v) is 15.2. The molecular weight excluding hydrogens is 322 g/mol. The maximum Gasteiger partial charge on any atom is 0.343 e. The molecule has 2 heterocycles. The monoisotopic (exact) mass is 347 g/mol. The highest BCUT2D eigenvalue weighted by atomic mass is 16.5. The van der Waals surface area contributed by atoms with E-state index in [0.29, 0.717) is 17.3 Å². The lowest BCUT2D eigenvalue weighted by molar-refractivity contribution is 0.0601. The Morgan fingerprint density at radius 3 is 2.72 bits per heavy atom. The highest BCUT2D eigenvalue weighted by molar-refractivity contribution is 5.93. The molecule has 0 atom stereocenters. The zero-order valence-electron chi connectivity index (χ0n) is 15.2. The number of nitrogens with zero attached hydrogens (tertiary/aromatic N) is 6. The molecule has 0 aliphatic rings. The van der Waals surface area contributed by atoms with E-state index in [1.807, 2.05) is 0 Å². The molecule has 2 rings (SSSR count). The molecule has 0 saturated heterocycles. The quantitative estimate of drug-likeness (QED) is 0.582. The van der Waals surface area contributed by atoms with Gasteiger partial charge in [0.2, 0.25) is 0 Å². The van der Waals surface area contributed by atoms with E-state index in [2.05, 4.69) is 34.3 Å². The number of carbonyl (C=O) groups excluding carboxylic acids is 1. The fourth-order valence-electron chi connectivity index (χ4n) is 2.42. The molecule has 136 valence electrons. The van der Waals surface area contributed by atoms with Gasteiger partial charge in [-0.2, -0.15) is 10.2 Å². The Hall–Kier alpha value is -2.71. The van der Waals surface area contributed by atoms with E-state index in [-0.39, 0.29) is 5.56 Å². The number of hydrogen-bond acceptors (Lipinski definition) is 7. The van der Waals surface area contributed by atoms with Gasteiger partial charge in [-0.1, -0.05) is 20.3 Å². The van der Waals surface area contributed by atoms with Crippen molar-refractivity contribution in [2.45, 2.75) is 46.1 Å². The summed E-state index contributed by atoms with van der Waals surface area (Å²) >= 11 is 0. The Morgan fingerprint density at radius 1 is 1.32 bits per heavy atom. The normalized spacial score (nSPS) is 11.4. The molecule has 2 aromatic heterocycles. The predicted octanol–water partition coefficient (Wildman–Crippen LogP) is 3.15. The Bertz CT molecular complexity index is 761. The average Bonchev–Trinajstić information content (AvgIpc) is 3.11. The number of esters is 1. The van der Waals surface area contributed by atoms with Crippen LogP contribution >= 0.6 is 0 Å². The van der Waals surface area contributed by atoms with E-state index in [1.165, 1.54) is 18.0 Å². The Kier molecular flexibility index (Phi) is 6.26. The number of rotatable bonds is 8. The second-order valence-electron chi connectivity index (χ2n) is 5.70. The molecule has 25 heavy (non-hydrogen) atoms. The smallest absolute Gasteiger partial charge is 0.343 e. The van der Waals surface area contributed by atoms with Crippen LogP contribution in [0.15, 0.2) is 16.4 Å². The summed E-state index contributed by atoms with van der Waals surface area (Å²) in [5, 5.41) is 17.1. The molecule has 9 nitrogen and oxygen atoms in total. The van der Waals surface area contributed by atoms with Gasteiger partial charge in [-0.15, -0.1) is 10.2 Å². The van der Waals surface area contributed by atoms with E-state index in [4.69, 9.17) is 10.5 Å². The number of aromatic nitrogens is 4. The lowest BCUT2D eigenvalue weighted by Gasteiger charge is -2.00. The average molecular weight is 347 g/mol. The molecule has 0 amide bonds. The van der Waals surface area contributed by atoms with Crippen LogP contribution in [0.5, 0.6) is 0 Å². The van der Waals surface area contributed by atoms with Crippen molar-refractivity contribution >= 4 is 23.3 Å². The molecule has 0 aliphatic heterocycles. The number of methoxy groups -OCH3 is 1. The summed E-state index contributed by atoms with van der Waals surface area (Å²) in [4.78, 5) is 11.8. The summed E-state index contributed by atoms with van der Waals surface area (Å²) in [6.07, 6.45) is 5.14. The van der Waals surface area contributed by atoms with Gasteiger partial charge in [-0.25, -0.2) is 14.2 Å². The van der Waals surface area contributed by atoms with Crippen molar-refractivity contribution in [3.63, 3.8) is 0 Å². The Labute approximate surface area is 146 Å². The van der Waals surface area contributed by atoms with E-state index in [1.54, 1.807) is 11.7 Å². The molecule has 2 aromatic rings. The molecule has 0 fully saturated rings. The van der Waals surface area contributed by atoms with Crippen LogP contribution in [0.25, 0.3) is 0 Å². The number of azo groups is 1. The van der Waals surface area contributed by atoms with Crippen LogP contribution in [0.1, 0.15) is 49.2 Å². The summed E-state index contributed by atoms with van der Waals surface area (Å²) in [5.74, 6) is 0.289. The van der Waals surface area contributed by atoms with Crippen molar-refractivity contribution in [2.75, 3.05) is 12.8 Å². The van der Waals surface area contributed by atoms with Crippen molar-refractivity contribution in [3.05, 3.63) is 17.5 Å². The second kappa shape index (κ2) is 8.41. The van der Waals surface area contributed by atoms with E-state index >= 15 is 0 Å². The third kappa shape index (κ3) is 4.04. The van der Waals surface area contributed by atoms with Crippen LogP contribution in [0.2, 0.25) is 0 Å². The highest BCUT2D eigenvalue weighted by Gasteiger charge is 2.18. The van der Waals surface area contributed by atoms with Crippen molar-refractivity contribution < 1.29 is 9.53 Å². The number of anilines is 1. The first-order chi connectivity index (χ1) is 12.0. The van der Waals surface area contributed by atoms with Crippen LogP contribution in [-0.4, -0.2) is 32.6 Å². The van der Waals surface area contributed by atoms with Gasteiger partial charge in [0.15, 0.2) is 11.5 Å². The van der Waals surface area contributed by atoms with Crippen LogP contribution in [0, 0.1) is 0 Å². The van der Waals surface area contributed by atoms with Crippen LogP contribution in [0.3, 0.4) is 0 Å². The molecule has 9 heteroatoms. The lowest BCUT2D eigenvalue weighted by atomic mass is 10.2. The standard InChI is InChI=1S/C16H25N7O2/c1-5-7-8-12-13(14(17)23(21-12)9-6-2)19-20-15-11(16(24)25-4)10-18-22(15)3/h10H,5-9,17H2,1-4H3. The van der Waals surface area contributed by atoms with Crippen molar-refractivity contribution in [3.8, 4) is 0 Å². The number of hydrogen-bond donors (Lipinski definition) is 1. The predicted molar refractivity (Wildman–Crippen MR) is 94.3 cm³/mol. The fraction of sp³-hybridized carbons (Fsp3) is 0.562. The molecule has 0 spiro atoms. The summed E-state index contributed by atoms with van der Waals surface area (Å²) in [6.45, 7) is 4.90. The van der Waals surface area contributed by atoms with Crippen LogP contribution < -0.4 is 5.73 Å². The first-order valence-electron chi connectivity index (χ1n) is 8.40. The van der Waals surface area contributed by atoms with Gasteiger partial charge in [0.05, 0.1) is 19.0 Å². The SMILES string of the molecule is CCCCc1nn(CCC)c(N)c1N=Nc1c(C(=O)OC)cnn1C. The van der Waals surface area contributed by atoms with Gasteiger partial charge >= 0.3 is 5.97 Å². The molecule has 0 aromatic carbocycles. The van der Waals surface area contributed by atoms with E-state index < -0.39 is 5.97 Å². The minimum Gasteiger partial charge on any atom is -0.465 e. The summed E-state index contributed by atoms with van der Waals surface area (Å²) in [5.41, 5.74) is 7.82. The van der Waals surface area contributed by atoms with Gasteiger partial charge < -0.3 is 10.5 Å². The number of nitrogen functional groups attached to an aromatic ring is 1. The van der Waals surface area contributed by atoms with Gasteiger partial charge in [0.1, 0.15) is 11.4 Å². The third-order valence-electron chi connectivity index (χ3n) is 3.80. The summed E-state index contributed by atoms with van der Waals surface area (Å²) in [7, 11) is 2.99. The van der Waals surface area contributed by atoms with Gasteiger partial charge in [-0.3, -0.25) is 0 Å². The van der Waals surface area contributed by atoms with Crippen molar-refractivity contribution in [1.29, 1.82) is 0 Å². The number of nitrogens with two attached hydrogens (primary N) is 1. The zero-order chi connectivity index (χ0) is 18.4. The maximum absolute atomic E-state index is 11.8. The summed E-state index contributed by atoms with van der Waals surface area (Å²) in [6, 6.07) is 0. The third-order valence-corrected chi connectivity index (χ3v) is 3.80. The minimum atomic E-state index is -0.511. The lowest BCUT2D eigenvalue weighted by Crippen LogP contribution is -2.03. The number of aryl methyl sites for hydroxylation is 3. The molecule has 0 saturated carbocycles. The molecule has 0 radical (unpaired) electrons. The molecule has 2 N–H and O–H groups in total. The second-order valence-corrected chi connectivity index (χ2v) is 5.70. The molecule has 0 unspecified atom stereocenters. The minimum absolute atomic E-state index is 0.253. The molecular formula is C16H25N7O2. The molecule has 0 bridgehead atoms. The first-order valence-corrected chi connectivity index (χ1v) is 8.40. The van der Waals surface area contributed by atoms with Gasteiger partial charge in [0.25, 0.3) is 0 Å². The molecule has 0 aliphatic carbocycles. The maximum atomic E-state index is 11.8. The first kappa shape index (κ1) is 18.6. The fourth-order valence-corrected chi connectivity index (χ4v) is 2.42. The van der Waals surface area contributed by atoms with Crippen LogP contribution in [0.4, 0.5) is 17.3 Å². The Morgan fingerprint density at radius 2 is 2.08 bits per heavy atom. The number of ether oxygens (including phenoxy) is 1. The van der Waals surface area contributed by atoms with Crippen molar-refractivity contribution in [2.24, 2.45) is 17.3 Å². The van der Waals surface area contributed by atoms with Gasteiger partial charge in [-0.05, 0) is 19.3 Å². The van der Waals surface area contributed by atoms with E-state index in [9.17, 15) is 4.79 Å². The number of carbonyl (C=O) groups is 1. The highest BCUT2D eigenvalue weighted by Crippen LogP contribution is 2.31.